The molecule has 2 aromatic heterocycles. The average molecular weight is 322 g/mol. The fraction of sp³-hybridized carbons (Fsp3) is 0. The summed E-state index contributed by atoms with van der Waals surface area (Å²) in [6, 6.07) is 8.14. The van der Waals surface area contributed by atoms with Crippen LogP contribution in [-0.4, -0.2) is 10.1 Å². The molecule has 3 N–H and O–H groups in total. The number of anilines is 1. The third-order valence-corrected chi connectivity index (χ3v) is 3.71. The molecule has 0 saturated carbocycles. The second-order valence-electron chi connectivity index (χ2n) is 4.34. The molecule has 0 aliphatic rings. The minimum atomic E-state index is -0.206. The van der Waals surface area contributed by atoms with Gasteiger partial charge >= 0.3 is 0 Å². The molecule has 21 heavy (non-hydrogen) atoms. The number of hydrogen-bond acceptors (Lipinski definition) is 4. The smallest absolute Gasteiger partial charge is 0.247 e. The monoisotopic (exact) mass is 321 g/mol. The molecular formula is C14H9Cl2N3O2. The highest BCUT2D eigenvalue weighted by molar-refractivity contribution is 6.42. The Kier molecular flexibility index (Phi) is 3.45. The largest absolute Gasteiger partial charge is 0.380 e. The van der Waals surface area contributed by atoms with E-state index in [1.54, 1.807) is 24.3 Å². The van der Waals surface area contributed by atoms with Gasteiger partial charge < -0.3 is 15.2 Å². The van der Waals surface area contributed by atoms with E-state index in [1.807, 2.05) is 0 Å². The van der Waals surface area contributed by atoms with E-state index in [9.17, 15) is 4.79 Å². The molecule has 0 aliphatic heterocycles. The lowest BCUT2D eigenvalue weighted by Crippen LogP contribution is -2.01. The molecule has 0 amide bonds. The first kappa shape index (κ1) is 13.7. The van der Waals surface area contributed by atoms with E-state index < -0.39 is 0 Å². The van der Waals surface area contributed by atoms with E-state index in [0.717, 1.165) is 5.56 Å². The number of aromatic amines is 1. The fourth-order valence-corrected chi connectivity index (χ4v) is 2.28. The second kappa shape index (κ2) is 5.27. The van der Waals surface area contributed by atoms with Gasteiger partial charge in [-0.25, -0.2) is 0 Å². The Morgan fingerprint density at radius 1 is 1.10 bits per heavy atom. The van der Waals surface area contributed by atoms with Gasteiger partial charge in [0.25, 0.3) is 0 Å². The predicted molar refractivity (Wildman–Crippen MR) is 82.4 cm³/mol. The van der Waals surface area contributed by atoms with Gasteiger partial charge in [-0.15, -0.1) is 0 Å². The first-order valence-corrected chi connectivity index (χ1v) is 6.71. The minimum Gasteiger partial charge on any atom is -0.380 e. The maximum atomic E-state index is 11.1. The highest BCUT2D eigenvalue weighted by atomic mass is 35.5. The number of aromatic nitrogens is 2. The van der Waals surface area contributed by atoms with Gasteiger partial charge in [-0.2, -0.15) is 0 Å². The molecule has 0 fully saturated rings. The third-order valence-electron chi connectivity index (χ3n) is 2.97. The maximum Gasteiger partial charge on any atom is 0.247 e. The number of nitrogens with two attached hydrogens (primary N) is 1. The van der Waals surface area contributed by atoms with Crippen molar-refractivity contribution in [3.63, 3.8) is 0 Å². The van der Waals surface area contributed by atoms with Gasteiger partial charge in [-0.1, -0.05) is 34.4 Å². The minimum absolute atomic E-state index is 0.206. The molecule has 1 aromatic carbocycles. The van der Waals surface area contributed by atoms with Crippen LogP contribution in [0, 0.1) is 0 Å². The van der Waals surface area contributed by atoms with Crippen LogP contribution in [0.3, 0.4) is 0 Å². The number of benzene rings is 1. The molecule has 7 heteroatoms. The topological polar surface area (TPSA) is 84.9 Å². The van der Waals surface area contributed by atoms with Gasteiger partial charge in [0.05, 0.1) is 15.6 Å². The second-order valence-corrected chi connectivity index (χ2v) is 5.16. The standard InChI is InChI=1S/C14H9Cl2N3O2/c15-9-3-1-7(5-10(9)16)12-13(21-19-14(12)17)8-2-4-11(20)18-6-8/h1-6H,(H2,17,19)(H,18,20). The van der Waals surface area contributed by atoms with Crippen LogP contribution in [0.25, 0.3) is 22.5 Å². The van der Waals surface area contributed by atoms with E-state index in [1.165, 1.54) is 12.3 Å². The van der Waals surface area contributed by atoms with Gasteiger partial charge in [0, 0.05) is 17.8 Å². The van der Waals surface area contributed by atoms with Gasteiger partial charge in [-0.3, -0.25) is 4.79 Å². The quantitative estimate of drug-likeness (QED) is 0.755. The number of halogens is 2. The summed E-state index contributed by atoms with van der Waals surface area (Å²) in [7, 11) is 0. The lowest BCUT2D eigenvalue weighted by Gasteiger charge is -2.04. The molecule has 0 spiro atoms. The Morgan fingerprint density at radius 2 is 1.86 bits per heavy atom. The van der Waals surface area contributed by atoms with Crippen LogP contribution in [0.2, 0.25) is 10.0 Å². The molecule has 0 radical (unpaired) electrons. The predicted octanol–water partition coefficient (Wildman–Crippen LogP) is 3.59. The Hall–Kier alpha value is -2.24. The zero-order chi connectivity index (χ0) is 15.0. The highest BCUT2D eigenvalue weighted by Crippen LogP contribution is 2.38. The molecular weight excluding hydrogens is 313 g/mol. The number of hydrogen-bond donors (Lipinski definition) is 2. The summed E-state index contributed by atoms with van der Waals surface area (Å²) in [5.74, 6) is 0.678. The lowest BCUT2D eigenvalue weighted by molar-refractivity contribution is 0.436. The molecule has 0 saturated heterocycles. The Morgan fingerprint density at radius 3 is 2.52 bits per heavy atom. The van der Waals surface area contributed by atoms with Crippen molar-refractivity contribution in [2.75, 3.05) is 5.73 Å². The summed E-state index contributed by atoms with van der Waals surface area (Å²) in [6.07, 6.45) is 1.53. The Labute approximate surface area is 129 Å². The van der Waals surface area contributed by atoms with Crippen molar-refractivity contribution in [1.29, 1.82) is 0 Å². The van der Waals surface area contributed by atoms with E-state index in [2.05, 4.69) is 10.1 Å². The van der Waals surface area contributed by atoms with Gasteiger partial charge in [0.1, 0.15) is 0 Å². The Bertz CT molecular complexity index is 850. The number of nitrogen functional groups attached to an aromatic ring is 1. The van der Waals surface area contributed by atoms with Crippen LogP contribution in [-0.2, 0) is 0 Å². The van der Waals surface area contributed by atoms with Gasteiger partial charge in [0.15, 0.2) is 11.6 Å². The number of nitrogens with one attached hydrogen (secondary N) is 1. The number of rotatable bonds is 2. The van der Waals surface area contributed by atoms with E-state index in [-0.39, 0.29) is 11.4 Å². The number of nitrogens with zero attached hydrogens (tertiary/aromatic N) is 1. The molecule has 3 rings (SSSR count). The van der Waals surface area contributed by atoms with Crippen LogP contribution in [0.4, 0.5) is 5.82 Å². The number of pyridine rings is 1. The lowest BCUT2D eigenvalue weighted by atomic mass is 10.0. The summed E-state index contributed by atoms with van der Waals surface area (Å²) < 4.78 is 5.27. The average Bonchev–Trinajstić information content (AvgIpc) is 2.85. The highest BCUT2D eigenvalue weighted by Gasteiger charge is 2.18. The molecule has 0 atom stereocenters. The number of H-pyrrole nitrogens is 1. The Balaban J connectivity index is 2.19. The van der Waals surface area contributed by atoms with E-state index >= 15 is 0 Å². The van der Waals surface area contributed by atoms with Crippen molar-refractivity contribution in [3.8, 4) is 22.5 Å². The van der Waals surface area contributed by atoms with Gasteiger partial charge in [0.2, 0.25) is 5.56 Å². The van der Waals surface area contributed by atoms with Crippen LogP contribution >= 0.6 is 23.2 Å². The van der Waals surface area contributed by atoms with Crippen LogP contribution in [0.15, 0.2) is 45.8 Å². The summed E-state index contributed by atoms with van der Waals surface area (Å²) in [5, 5.41) is 4.63. The summed E-state index contributed by atoms with van der Waals surface area (Å²) in [4.78, 5) is 13.7. The third kappa shape index (κ3) is 2.53. The normalized spacial score (nSPS) is 10.8. The van der Waals surface area contributed by atoms with Crippen LogP contribution < -0.4 is 11.3 Å². The van der Waals surface area contributed by atoms with Crippen molar-refractivity contribution < 1.29 is 4.52 Å². The summed E-state index contributed by atoms with van der Waals surface area (Å²) in [5.41, 5.74) is 7.65. The first-order valence-electron chi connectivity index (χ1n) is 5.96. The van der Waals surface area contributed by atoms with Crippen LogP contribution in [0.1, 0.15) is 0 Å². The zero-order valence-electron chi connectivity index (χ0n) is 10.6. The van der Waals surface area contributed by atoms with Crippen molar-refractivity contribution in [3.05, 3.63) is 56.9 Å². The molecule has 0 unspecified atom stereocenters. The van der Waals surface area contributed by atoms with Gasteiger partial charge in [-0.05, 0) is 23.8 Å². The van der Waals surface area contributed by atoms with Crippen molar-refractivity contribution in [1.82, 2.24) is 10.1 Å². The molecule has 0 aliphatic carbocycles. The SMILES string of the molecule is Nc1noc(-c2ccc(=O)[nH]c2)c1-c1ccc(Cl)c(Cl)c1. The molecule has 3 aromatic rings. The van der Waals surface area contributed by atoms with E-state index in [0.29, 0.717) is 26.9 Å². The van der Waals surface area contributed by atoms with Crippen molar-refractivity contribution in [2.45, 2.75) is 0 Å². The fourth-order valence-electron chi connectivity index (χ4n) is 1.98. The summed E-state index contributed by atoms with van der Waals surface area (Å²) >= 11 is 11.9. The summed E-state index contributed by atoms with van der Waals surface area (Å²) in [6.45, 7) is 0. The molecule has 2 heterocycles. The maximum absolute atomic E-state index is 11.1. The van der Waals surface area contributed by atoms with Crippen molar-refractivity contribution >= 4 is 29.0 Å². The first-order chi connectivity index (χ1) is 10.1. The van der Waals surface area contributed by atoms with Crippen molar-refractivity contribution in [2.24, 2.45) is 0 Å². The van der Waals surface area contributed by atoms with Crippen LogP contribution in [0.5, 0.6) is 0 Å². The molecule has 0 bridgehead atoms. The van der Waals surface area contributed by atoms with E-state index in [4.69, 9.17) is 33.5 Å². The zero-order valence-corrected chi connectivity index (χ0v) is 12.1. The molecule has 5 nitrogen and oxygen atoms in total. The molecule has 106 valence electrons.